The third-order valence-corrected chi connectivity index (χ3v) is 7.95. The lowest BCUT2D eigenvalue weighted by Crippen LogP contribution is -2.33. The Kier molecular flexibility index (Phi) is 5.82. The lowest BCUT2D eigenvalue weighted by Gasteiger charge is -2.31. The fourth-order valence-corrected chi connectivity index (χ4v) is 5.14. The Hall–Kier alpha value is -2.94. The summed E-state index contributed by atoms with van der Waals surface area (Å²) in [6.07, 6.45) is 6.73. The number of pyridine rings is 1. The number of rotatable bonds is 6. The van der Waals surface area contributed by atoms with Crippen molar-refractivity contribution in [3.05, 3.63) is 47.8 Å². The highest BCUT2D eigenvalue weighted by Crippen LogP contribution is 2.43. The van der Waals surface area contributed by atoms with E-state index < -0.39 is 15.9 Å². The summed E-state index contributed by atoms with van der Waals surface area (Å²) in [5.74, 6) is -0.501. The van der Waals surface area contributed by atoms with Crippen molar-refractivity contribution in [2.45, 2.75) is 51.4 Å². The number of hydrogen-bond acceptors (Lipinski definition) is 6. The van der Waals surface area contributed by atoms with Crippen LogP contribution in [0.2, 0.25) is 0 Å². The van der Waals surface area contributed by atoms with E-state index in [9.17, 15) is 13.2 Å². The van der Waals surface area contributed by atoms with E-state index in [0.717, 1.165) is 61.2 Å². The van der Waals surface area contributed by atoms with E-state index in [2.05, 4.69) is 14.6 Å². The molecule has 1 aliphatic carbocycles. The highest BCUT2D eigenvalue weighted by Gasteiger charge is 2.31. The predicted octanol–water partition coefficient (Wildman–Crippen LogP) is 3.76. The lowest BCUT2D eigenvalue weighted by atomic mass is 9.82. The first kappa shape index (κ1) is 21.9. The van der Waals surface area contributed by atoms with Gasteiger partial charge in [0.25, 0.3) is 5.91 Å². The molecule has 1 saturated heterocycles. The number of anilines is 1. The van der Waals surface area contributed by atoms with Gasteiger partial charge in [-0.15, -0.1) is 0 Å². The highest BCUT2D eigenvalue weighted by atomic mass is 32.2. The van der Waals surface area contributed by atoms with Crippen LogP contribution in [-0.2, 0) is 10.0 Å². The van der Waals surface area contributed by atoms with Gasteiger partial charge in [0.05, 0.1) is 28.2 Å². The number of piperidine rings is 1. The zero-order valence-corrected chi connectivity index (χ0v) is 19.6. The van der Waals surface area contributed by atoms with Crippen molar-refractivity contribution in [1.82, 2.24) is 19.5 Å². The maximum atomic E-state index is 13.0. The van der Waals surface area contributed by atoms with Crippen LogP contribution in [0.5, 0.6) is 0 Å². The molecule has 33 heavy (non-hydrogen) atoms. The van der Waals surface area contributed by atoms with Crippen LogP contribution in [0.15, 0.2) is 36.4 Å². The molecule has 174 valence electrons. The summed E-state index contributed by atoms with van der Waals surface area (Å²) in [7, 11) is -3.70. The Morgan fingerprint density at radius 2 is 1.82 bits per heavy atom. The topological polar surface area (TPSA) is 97.2 Å². The normalized spacial score (nSPS) is 17.2. The van der Waals surface area contributed by atoms with E-state index in [0.29, 0.717) is 11.6 Å². The Bertz CT molecular complexity index is 1280. The largest absolute Gasteiger partial charge is 0.371 e. The van der Waals surface area contributed by atoms with Crippen molar-refractivity contribution in [3.8, 4) is 5.69 Å². The third kappa shape index (κ3) is 4.21. The van der Waals surface area contributed by atoms with E-state index in [1.54, 1.807) is 6.07 Å². The number of benzene rings is 1. The second-order valence-corrected chi connectivity index (χ2v) is 10.9. The molecular formula is C24H29N5O3S. The molecule has 2 aromatic heterocycles. The molecule has 1 amide bonds. The molecule has 1 aliphatic heterocycles. The van der Waals surface area contributed by atoms with E-state index >= 15 is 0 Å². The first-order chi connectivity index (χ1) is 16.0. The molecule has 2 fully saturated rings. The molecule has 2 aliphatic rings. The molecule has 9 heteroatoms. The number of aromatic nitrogens is 3. The third-order valence-electron chi connectivity index (χ3n) is 6.69. The molecule has 5 rings (SSSR count). The van der Waals surface area contributed by atoms with Crippen molar-refractivity contribution in [3.63, 3.8) is 0 Å². The van der Waals surface area contributed by atoms with Gasteiger partial charge in [0.2, 0.25) is 10.0 Å². The van der Waals surface area contributed by atoms with Gasteiger partial charge in [-0.3, -0.25) is 4.79 Å². The van der Waals surface area contributed by atoms with Crippen LogP contribution in [0.25, 0.3) is 16.7 Å². The summed E-state index contributed by atoms with van der Waals surface area (Å²) < 4.78 is 28.1. The van der Waals surface area contributed by atoms with Crippen LogP contribution in [0.4, 0.5) is 5.69 Å². The summed E-state index contributed by atoms with van der Waals surface area (Å²) in [5, 5.41) is 5.99. The maximum Gasteiger partial charge on any atom is 0.283 e. The second-order valence-electron chi connectivity index (χ2n) is 8.87. The number of hydrogen-bond donors (Lipinski definition) is 1. The Labute approximate surface area is 194 Å². The van der Waals surface area contributed by atoms with Gasteiger partial charge in [-0.25, -0.2) is 22.8 Å². The van der Waals surface area contributed by atoms with E-state index in [-0.39, 0.29) is 11.4 Å². The number of carbonyl (C=O) groups excluding carboxylic acids is 1. The average molecular weight is 468 g/mol. The van der Waals surface area contributed by atoms with Crippen molar-refractivity contribution >= 4 is 32.7 Å². The summed E-state index contributed by atoms with van der Waals surface area (Å²) in [5.41, 5.74) is 3.52. The van der Waals surface area contributed by atoms with Crippen LogP contribution >= 0.6 is 0 Å². The minimum absolute atomic E-state index is 0.0948. The van der Waals surface area contributed by atoms with Crippen molar-refractivity contribution in [1.29, 1.82) is 0 Å². The molecule has 0 atom stereocenters. The zero-order valence-electron chi connectivity index (χ0n) is 18.8. The Morgan fingerprint density at radius 3 is 2.45 bits per heavy atom. The zero-order chi connectivity index (χ0) is 23.0. The Morgan fingerprint density at radius 1 is 1.09 bits per heavy atom. The van der Waals surface area contributed by atoms with Crippen molar-refractivity contribution in [2.24, 2.45) is 0 Å². The number of para-hydroxylation sites is 1. The summed E-state index contributed by atoms with van der Waals surface area (Å²) >= 11 is 0. The van der Waals surface area contributed by atoms with E-state index in [1.165, 1.54) is 19.8 Å². The van der Waals surface area contributed by atoms with Crippen LogP contribution in [0.1, 0.15) is 67.5 Å². The lowest BCUT2D eigenvalue weighted by molar-refractivity contribution is 0.0977. The van der Waals surface area contributed by atoms with Gasteiger partial charge in [0.15, 0.2) is 5.65 Å². The van der Waals surface area contributed by atoms with Gasteiger partial charge in [-0.2, -0.15) is 5.10 Å². The standard InChI is InChI=1S/C24H29N5O3S/c1-2-33(31,32)27-24(30)19-16-20(28-14-7-4-8-15-28)21-22(17-10-9-11-17)26-29(23(21)25-19)18-12-5-3-6-13-18/h3,5-6,12-13,16-17H,2,4,7-11,14-15H2,1H3,(H,27,30). The fraction of sp³-hybridized carbons (Fsp3) is 0.458. The SMILES string of the molecule is CCS(=O)(=O)NC(=O)c1cc(N2CCCCC2)c2c(C3CCC3)nn(-c3ccccc3)c2n1. The molecule has 0 bridgehead atoms. The molecule has 3 heterocycles. The van der Waals surface area contributed by atoms with Gasteiger partial charge in [-0.1, -0.05) is 24.6 Å². The molecule has 1 saturated carbocycles. The number of sulfonamides is 1. The highest BCUT2D eigenvalue weighted by molar-refractivity contribution is 7.90. The summed E-state index contributed by atoms with van der Waals surface area (Å²) in [4.78, 5) is 19.9. The maximum absolute atomic E-state index is 13.0. The first-order valence-corrected chi connectivity index (χ1v) is 13.4. The molecule has 1 N–H and O–H groups in total. The van der Waals surface area contributed by atoms with Crippen LogP contribution < -0.4 is 9.62 Å². The van der Waals surface area contributed by atoms with E-state index in [4.69, 9.17) is 5.10 Å². The number of amides is 1. The van der Waals surface area contributed by atoms with Crippen molar-refractivity contribution < 1.29 is 13.2 Å². The number of fused-ring (bicyclic) bond motifs is 1. The molecular weight excluding hydrogens is 438 g/mol. The van der Waals surface area contributed by atoms with Gasteiger partial charge in [0, 0.05) is 19.0 Å². The monoisotopic (exact) mass is 467 g/mol. The quantitative estimate of drug-likeness (QED) is 0.593. The van der Waals surface area contributed by atoms with Gasteiger partial charge < -0.3 is 4.90 Å². The minimum atomic E-state index is -3.70. The van der Waals surface area contributed by atoms with Gasteiger partial charge in [-0.05, 0) is 57.2 Å². The number of nitrogens with one attached hydrogen (secondary N) is 1. The number of nitrogens with zero attached hydrogens (tertiary/aromatic N) is 4. The minimum Gasteiger partial charge on any atom is -0.371 e. The molecule has 0 spiro atoms. The molecule has 1 aromatic carbocycles. The smallest absolute Gasteiger partial charge is 0.283 e. The van der Waals surface area contributed by atoms with Gasteiger partial charge >= 0.3 is 0 Å². The first-order valence-electron chi connectivity index (χ1n) is 11.8. The molecule has 0 radical (unpaired) electrons. The van der Waals surface area contributed by atoms with Crippen LogP contribution in [0, 0.1) is 0 Å². The van der Waals surface area contributed by atoms with Crippen LogP contribution in [-0.4, -0.2) is 47.9 Å². The van der Waals surface area contributed by atoms with E-state index in [1.807, 2.05) is 35.0 Å². The summed E-state index contributed by atoms with van der Waals surface area (Å²) in [6.45, 7) is 3.29. The second kappa shape index (κ2) is 8.78. The summed E-state index contributed by atoms with van der Waals surface area (Å²) in [6, 6.07) is 11.5. The average Bonchev–Trinajstić information content (AvgIpc) is 3.17. The van der Waals surface area contributed by atoms with Crippen molar-refractivity contribution in [2.75, 3.05) is 23.7 Å². The predicted molar refractivity (Wildman–Crippen MR) is 128 cm³/mol. The Balaban J connectivity index is 1.73. The fourth-order valence-electron chi connectivity index (χ4n) is 4.61. The number of carbonyl (C=O) groups is 1. The van der Waals surface area contributed by atoms with Crippen LogP contribution in [0.3, 0.4) is 0 Å². The van der Waals surface area contributed by atoms with Gasteiger partial charge in [0.1, 0.15) is 5.69 Å². The molecule has 0 unspecified atom stereocenters. The molecule has 8 nitrogen and oxygen atoms in total. The molecule has 3 aromatic rings.